The van der Waals surface area contributed by atoms with Crippen LogP contribution in [0.3, 0.4) is 0 Å². The van der Waals surface area contributed by atoms with Gasteiger partial charge in [0.05, 0.1) is 12.1 Å². The number of halogens is 3. The third-order valence-corrected chi connectivity index (χ3v) is 3.10. The third kappa shape index (κ3) is 2.98. The van der Waals surface area contributed by atoms with Gasteiger partial charge < -0.3 is 5.32 Å². The minimum Gasteiger partial charge on any atom is -0.363 e. The van der Waals surface area contributed by atoms with Gasteiger partial charge in [-0.3, -0.25) is 0 Å². The molecule has 18 heavy (non-hydrogen) atoms. The molecule has 0 unspecified atom stereocenters. The first-order chi connectivity index (χ1) is 8.47. The molecule has 2 rings (SSSR count). The fourth-order valence-electron chi connectivity index (χ4n) is 1.42. The molecule has 96 valence electrons. The molecule has 0 saturated heterocycles. The van der Waals surface area contributed by atoms with Crippen LogP contribution in [0, 0.1) is 6.92 Å². The molecular weight excluding hydrogens is 263 g/mol. The lowest BCUT2D eigenvalue weighted by atomic mass is 10.2. The van der Waals surface area contributed by atoms with Gasteiger partial charge in [-0.15, -0.1) is 11.3 Å². The summed E-state index contributed by atoms with van der Waals surface area (Å²) in [4.78, 5) is 8.80. The predicted octanol–water partition coefficient (Wildman–Crippen LogP) is 3.48. The first kappa shape index (κ1) is 12.8. The molecule has 7 heteroatoms. The lowest BCUT2D eigenvalue weighted by molar-refractivity contribution is -0.137. The highest BCUT2D eigenvalue weighted by atomic mass is 32.1. The smallest absolute Gasteiger partial charge is 0.363 e. The van der Waals surface area contributed by atoms with Gasteiger partial charge in [0.25, 0.3) is 0 Å². The summed E-state index contributed by atoms with van der Waals surface area (Å²) in [6.07, 6.45) is -1.40. The normalized spacial score (nSPS) is 11.6. The summed E-state index contributed by atoms with van der Waals surface area (Å²) in [5.41, 5.74) is -0.765. The number of aromatic nitrogens is 2. The molecule has 0 fully saturated rings. The second kappa shape index (κ2) is 4.93. The van der Waals surface area contributed by atoms with Gasteiger partial charge in [-0.2, -0.15) is 13.2 Å². The number of aryl methyl sites for hydroxylation is 1. The van der Waals surface area contributed by atoms with E-state index in [1.165, 1.54) is 23.6 Å². The number of hydrogen-bond acceptors (Lipinski definition) is 4. The molecule has 0 aliphatic carbocycles. The number of nitrogens with one attached hydrogen (secondary N) is 1. The van der Waals surface area contributed by atoms with Crippen molar-refractivity contribution in [3.8, 4) is 0 Å². The van der Waals surface area contributed by atoms with Crippen LogP contribution in [-0.4, -0.2) is 9.97 Å². The topological polar surface area (TPSA) is 37.8 Å². The quantitative estimate of drug-likeness (QED) is 0.930. The SMILES string of the molecule is Cc1cnc(CNc2ncccc2C(F)(F)F)s1. The maximum atomic E-state index is 12.7. The molecule has 0 aliphatic rings. The van der Waals surface area contributed by atoms with Crippen molar-refractivity contribution in [1.29, 1.82) is 0 Å². The van der Waals surface area contributed by atoms with Gasteiger partial charge in [0.2, 0.25) is 0 Å². The van der Waals surface area contributed by atoms with E-state index in [0.717, 1.165) is 16.0 Å². The Labute approximate surface area is 106 Å². The summed E-state index contributed by atoms with van der Waals surface area (Å²) in [6.45, 7) is 2.13. The molecule has 2 aromatic heterocycles. The van der Waals surface area contributed by atoms with Crippen molar-refractivity contribution < 1.29 is 13.2 Å². The number of nitrogens with zero attached hydrogens (tertiary/aromatic N) is 2. The van der Waals surface area contributed by atoms with E-state index >= 15 is 0 Å². The molecule has 0 spiro atoms. The zero-order valence-corrected chi connectivity index (χ0v) is 10.3. The van der Waals surface area contributed by atoms with Gasteiger partial charge in [0, 0.05) is 17.3 Å². The zero-order valence-electron chi connectivity index (χ0n) is 9.45. The average molecular weight is 273 g/mol. The van der Waals surface area contributed by atoms with Crippen molar-refractivity contribution in [2.75, 3.05) is 5.32 Å². The Morgan fingerprint density at radius 2 is 2.11 bits per heavy atom. The van der Waals surface area contributed by atoms with Crippen LogP contribution in [0.4, 0.5) is 19.0 Å². The van der Waals surface area contributed by atoms with E-state index in [4.69, 9.17) is 0 Å². The molecular formula is C11H10F3N3S. The molecule has 0 saturated carbocycles. The Balaban J connectivity index is 2.14. The summed E-state index contributed by atoms with van der Waals surface area (Å²) < 4.78 is 38.1. The Bertz CT molecular complexity index is 536. The fourth-order valence-corrected chi connectivity index (χ4v) is 2.14. The van der Waals surface area contributed by atoms with Crippen LogP contribution in [0.15, 0.2) is 24.5 Å². The Morgan fingerprint density at radius 3 is 2.72 bits per heavy atom. The zero-order chi connectivity index (χ0) is 13.2. The van der Waals surface area contributed by atoms with E-state index in [1.807, 2.05) is 6.92 Å². The Morgan fingerprint density at radius 1 is 1.33 bits per heavy atom. The highest BCUT2D eigenvalue weighted by molar-refractivity contribution is 7.11. The largest absolute Gasteiger partial charge is 0.419 e. The van der Waals surface area contributed by atoms with Gasteiger partial charge in [0.15, 0.2) is 0 Å². The third-order valence-electron chi connectivity index (χ3n) is 2.19. The minimum absolute atomic E-state index is 0.169. The van der Waals surface area contributed by atoms with Crippen LogP contribution in [0.2, 0.25) is 0 Å². The summed E-state index contributed by atoms with van der Waals surface area (Å²) in [7, 11) is 0. The van der Waals surface area contributed by atoms with E-state index in [0.29, 0.717) is 0 Å². The average Bonchev–Trinajstić information content (AvgIpc) is 2.72. The number of rotatable bonds is 3. The lowest BCUT2D eigenvalue weighted by Gasteiger charge is -2.12. The van der Waals surface area contributed by atoms with Crippen molar-refractivity contribution in [2.45, 2.75) is 19.6 Å². The Hall–Kier alpha value is -1.63. The number of anilines is 1. The van der Waals surface area contributed by atoms with Crippen LogP contribution < -0.4 is 5.32 Å². The van der Waals surface area contributed by atoms with Gasteiger partial charge in [0.1, 0.15) is 10.8 Å². The van der Waals surface area contributed by atoms with Crippen molar-refractivity contribution in [3.63, 3.8) is 0 Å². The van der Waals surface area contributed by atoms with E-state index in [-0.39, 0.29) is 12.4 Å². The number of alkyl halides is 3. The number of hydrogen-bond donors (Lipinski definition) is 1. The first-order valence-electron chi connectivity index (χ1n) is 5.14. The molecule has 0 bridgehead atoms. The lowest BCUT2D eigenvalue weighted by Crippen LogP contribution is -2.12. The van der Waals surface area contributed by atoms with Gasteiger partial charge in [-0.25, -0.2) is 9.97 Å². The summed E-state index contributed by atoms with van der Waals surface area (Å²) in [5, 5.41) is 3.39. The summed E-state index contributed by atoms with van der Waals surface area (Å²) >= 11 is 1.44. The monoisotopic (exact) mass is 273 g/mol. The summed E-state index contributed by atoms with van der Waals surface area (Å²) in [6, 6.07) is 2.27. The van der Waals surface area contributed by atoms with E-state index in [2.05, 4.69) is 15.3 Å². The maximum absolute atomic E-state index is 12.7. The Kier molecular flexibility index (Phi) is 3.51. The molecule has 0 aliphatic heterocycles. The van der Waals surface area contributed by atoms with Crippen LogP contribution >= 0.6 is 11.3 Å². The summed E-state index contributed by atoms with van der Waals surface area (Å²) in [5.74, 6) is -0.169. The second-order valence-corrected chi connectivity index (χ2v) is 4.93. The molecule has 3 nitrogen and oxygen atoms in total. The fraction of sp³-hybridized carbons (Fsp3) is 0.273. The van der Waals surface area contributed by atoms with Gasteiger partial charge in [-0.1, -0.05) is 0 Å². The van der Waals surface area contributed by atoms with E-state index < -0.39 is 11.7 Å². The maximum Gasteiger partial charge on any atom is 0.419 e. The molecule has 0 amide bonds. The van der Waals surface area contributed by atoms with E-state index in [9.17, 15) is 13.2 Å². The standard InChI is InChI=1S/C11H10F3N3S/c1-7-5-16-9(18-7)6-17-10-8(11(12,13)14)3-2-4-15-10/h2-5H,6H2,1H3,(H,15,17). The molecule has 1 N–H and O–H groups in total. The predicted molar refractivity (Wildman–Crippen MR) is 63.4 cm³/mol. The molecule has 2 heterocycles. The minimum atomic E-state index is -4.41. The number of pyridine rings is 1. The second-order valence-electron chi connectivity index (χ2n) is 3.62. The van der Waals surface area contributed by atoms with Gasteiger partial charge >= 0.3 is 6.18 Å². The van der Waals surface area contributed by atoms with Crippen molar-refractivity contribution in [2.24, 2.45) is 0 Å². The highest BCUT2D eigenvalue weighted by Gasteiger charge is 2.33. The van der Waals surface area contributed by atoms with Crippen molar-refractivity contribution in [1.82, 2.24) is 9.97 Å². The molecule has 2 aromatic rings. The van der Waals surface area contributed by atoms with Gasteiger partial charge in [-0.05, 0) is 19.1 Å². The van der Waals surface area contributed by atoms with Crippen LogP contribution in [0.1, 0.15) is 15.4 Å². The number of thiazole rings is 1. The van der Waals surface area contributed by atoms with Crippen LogP contribution in [0.25, 0.3) is 0 Å². The van der Waals surface area contributed by atoms with E-state index in [1.54, 1.807) is 6.20 Å². The van der Waals surface area contributed by atoms with Crippen LogP contribution in [-0.2, 0) is 12.7 Å². The van der Waals surface area contributed by atoms with Crippen molar-refractivity contribution >= 4 is 17.2 Å². The molecule has 0 radical (unpaired) electrons. The molecule has 0 atom stereocenters. The highest BCUT2D eigenvalue weighted by Crippen LogP contribution is 2.33. The first-order valence-corrected chi connectivity index (χ1v) is 5.96. The van der Waals surface area contributed by atoms with Crippen molar-refractivity contribution in [3.05, 3.63) is 40.0 Å². The molecule has 0 aromatic carbocycles. The van der Waals surface area contributed by atoms with Crippen LogP contribution in [0.5, 0.6) is 0 Å².